The summed E-state index contributed by atoms with van der Waals surface area (Å²) in [5.41, 5.74) is 0.228. The Labute approximate surface area is 125 Å². The third kappa shape index (κ3) is 2.95. The molecule has 1 aliphatic heterocycles. The van der Waals surface area contributed by atoms with Gasteiger partial charge in [-0.3, -0.25) is 4.79 Å². The number of carbonyl (C=O) groups excluding carboxylic acids is 1. The fourth-order valence-electron chi connectivity index (χ4n) is 3.29. The molecule has 3 unspecified atom stereocenters. The molecule has 2 fully saturated rings. The molecule has 1 saturated carbocycles. The maximum atomic E-state index is 12.4. The van der Waals surface area contributed by atoms with Gasteiger partial charge in [0.15, 0.2) is 5.69 Å². The van der Waals surface area contributed by atoms with Crippen molar-refractivity contribution in [3.63, 3.8) is 0 Å². The first-order valence-electron chi connectivity index (χ1n) is 7.80. The zero-order valence-corrected chi connectivity index (χ0v) is 13.0. The van der Waals surface area contributed by atoms with Crippen LogP contribution < -0.4 is 5.32 Å². The van der Waals surface area contributed by atoms with Crippen molar-refractivity contribution >= 4 is 5.91 Å². The monoisotopic (exact) mass is 292 g/mol. The molecule has 3 atom stereocenters. The number of nitrogens with zero attached hydrogens (tertiary/aromatic N) is 3. The van der Waals surface area contributed by atoms with Crippen LogP contribution in [-0.2, 0) is 10.3 Å². The summed E-state index contributed by atoms with van der Waals surface area (Å²) in [5, 5.41) is 11.2. The smallest absolute Gasteiger partial charge is 0.273 e. The summed E-state index contributed by atoms with van der Waals surface area (Å²) in [5.74, 6) is 0.336. The highest BCUT2D eigenvalue weighted by Gasteiger charge is 2.38. The highest BCUT2D eigenvalue weighted by Crippen LogP contribution is 2.34. The molecule has 2 aliphatic rings. The van der Waals surface area contributed by atoms with Gasteiger partial charge in [0.1, 0.15) is 0 Å². The van der Waals surface area contributed by atoms with E-state index in [1.165, 1.54) is 0 Å². The molecule has 0 radical (unpaired) electrons. The van der Waals surface area contributed by atoms with Gasteiger partial charge < -0.3 is 10.1 Å². The topological polar surface area (TPSA) is 69.0 Å². The Kier molecular flexibility index (Phi) is 3.73. The summed E-state index contributed by atoms with van der Waals surface area (Å²) in [6, 6.07) is 0.207. The fourth-order valence-corrected chi connectivity index (χ4v) is 3.29. The zero-order chi connectivity index (χ0) is 15.0. The van der Waals surface area contributed by atoms with Crippen molar-refractivity contribution in [2.75, 3.05) is 6.61 Å². The molecule has 21 heavy (non-hydrogen) atoms. The lowest BCUT2D eigenvalue weighted by molar-refractivity contribution is 0.0509. The Morgan fingerprint density at radius 2 is 2.19 bits per heavy atom. The number of hydrogen-bond acceptors (Lipinski definition) is 4. The first-order valence-corrected chi connectivity index (χ1v) is 7.80. The van der Waals surface area contributed by atoms with E-state index in [1.807, 2.05) is 20.8 Å². The third-order valence-corrected chi connectivity index (χ3v) is 4.51. The molecule has 1 N–H and O–H groups in total. The average molecular weight is 292 g/mol. The predicted molar refractivity (Wildman–Crippen MR) is 78.0 cm³/mol. The van der Waals surface area contributed by atoms with Crippen molar-refractivity contribution in [2.45, 2.75) is 64.1 Å². The Morgan fingerprint density at radius 3 is 2.90 bits per heavy atom. The van der Waals surface area contributed by atoms with Gasteiger partial charge >= 0.3 is 0 Å². The Hall–Kier alpha value is -1.43. The van der Waals surface area contributed by atoms with Gasteiger partial charge in [0.25, 0.3) is 5.91 Å². The average Bonchev–Trinajstić information content (AvgIpc) is 3.07. The second-order valence-electron chi connectivity index (χ2n) is 7.09. The van der Waals surface area contributed by atoms with Gasteiger partial charge in [0.2, 0.25) is 0 Å². The number of aromatic nitrogens is 3. The Balaban J connectivity index is 1.67. The Bertz CT molecular complexity index is 520. The first kappa shape index (κ1) is 14.5. The highest BCUT2D eigenvalue weighted by atomic mass is 16.5. The van der Waals surface area contributed by atoms with E-state index in [9.17, 15) is 4.79 Å². The molecular weight excluding hydrogens is 268 g/mol. The highest BCUT2D eigenvalue weighted by molar-refractivity contribution is 5.92. The molecule has 3 rings (SSSR count). The third-order valence-electron chi connectivity index (χ3n) is 4.51. The molecule has 1 aliphatic carbocycles. The van der Waals surface area contributed by atoms with Crippen LogP contribution in [0.15, 0.2) is 6.20 Å². The summed E-state index contributed by atoms with van der Waals surface area (Å²) in [7, 11) is 0. The van der Waals surface area contributed by atoms with Crippen molar-refractivity contribution in [3.8, 4) is 0 Å². The van der Waals surface area contributed by atoms with Gasteiger partial charge in [-0.05, 0) is 46.5 Å². The van der Waals surface area contributed by atoms with Gasteiger partial charge in [-0.2, -0.15) is 0 Å². The normalized spacial score (nSPS) is 29.2. The minimum atomic E-state index is -0.166. The van der Waals surface area contributed by atoms with E-state index < -0.39 is 0 Å². The standard InChI is InChI=1S/C15H24N4O2/c1-15(2,3)19-9-12(17-18-19)14(20)16-11-5-4-6-13-10(11)7-8-21-13/h9-11,13H,4-8H2,1-3H3,(H,16,20). The van der Waals surface area contributed by atoms with E-state index >= 15 is 0 Å². The molecule has 116 valence electrons. The van der Waals surface area contributed by atoms with Crippen LogP contribution in [-0.4, -0.2) is 39.7 Å². The van der Waals surface area contributed by atoms with Crippen molar-refractivity contribution in [2.24, 2.45) is 5.92 Å². The van der Waals surface area contributed by atoms with Gasteiger partial charge in [0, 0.05) is 18.6 Å². The zero-order valence-electron chi connectivity index (χ0n) is 13.0. The van der Waals surface area contributed by atoms with E-state index in [-0.39, 0.29) is 17.5 Å². The molecule has 2 heterocycles. The van der Waals surface area contributed by atoms with E-state index in [2.05, 4.69) is 15.6 Å². The summed E-state index contributed by atoms with van der Waals surface area (Å²) in [6.07, 6.45) is 6.36. The van der Waals surface area contributed by atoms with E-state index in [1.54, 1.807) is 10.9 Å². The van der Waals surface area contributed by atoms with Crippen LogP contribution in [0, 0.1) is 5.92 Å². The molecule has 0 bridgehead atoms. The van der Waals surface area contributed by atoms with Crippen molar-refractivity contribution in [1.82, 2.24) is 20.3 Å². The van der Waals surface area contributed by atoms with Crippen LogP contribution in [0.1, 0.15) is 56.9 Å². The van der Waals surface area contributed by atoms with Crippen LogP contribution in [0.25, 0.3) is 0 Å². The summed E-state index contributed by atoms with van der Waals surface area (Å²) < 4.78 is 7.47. The predicted octanol–water partition coefficient (Wildman–Crippen LogP) is 1.72. The van der Waals surface area contributed by atoms with Crippen LogP contribution in [0.4, 0.5) is 0 Å². The van der Waals surface area contributed by atoms with Gasteiger partial charge in [-0.1, -0.05) is 5.21 Å². The molecule has 1 saturated heterocycles. The lowest BCUT2D eigenvalue weighted by Gasteiger charge is -2.32. The summed E-state index contributed by atoms with van der Waals surface area (Å²) in [4.78, 5) is 12.4. The quantitative estimate of drug-likeness (QED) is 0.901. The molecule has 6 nitrogen and oxygen atoms in total. The minimum absolute atomic E-state index is 0.122. The molecule has 6 heteroatoms. The van der Waals surface area contributed by atoms with Crippen molar-refractivity contribution < 1.29 is 9.53 Å². The van der Waals surface area contributed by atoms with Crippen LogP contribution >= 0.6 is 0 Å². The van der Waals surface area contributed by atoms with Crippen LogP contribution in [0.2, 0.25) is 0 Å². The first-order chi connectivity index (χ1) is 9.95. The van der Waals surface area contributed by atoms with Gasteiger partial charge in [-0.25, -0.2) is 4.68 Å². The van der Waals surface area contributed by atoms with Gasteiger partial charge in [0.05, 0.1) is 17.8 Å². The molecule has 1 amide bonds. The number of ether oxygens (including phenoxy) is 1. The lowest BCUT2D eigenvalue weighted by Crippen LogP contribution is -2.45. The number of hydrogen-bond donors (Lipinski definition) is 1. The number of fused-ring (bicyclic) bond motifs is 1. The fraction of sp³-hybridized carbons (Fsp3) is 0.800. The SMILES string of the molecule is CC(C)(C)n1cc(C(=O)NC2CCCC3OCCC23)nn1. The molecule has 1 aromatic heterocycles. The second-order valence-corrected chi connectivity index (χ2v) is 7.09. The van der Waals surface area contributed by atoms with E-state index in [0.29, 0.717) is 17.7 Å². The van der Waals surface area contributed by atoms with Crippen LogP contribution in [0.5, 0.6) is 0 Å². The van der Waals surface area contributed by atoms with Crippen LogP contribution in [0.3, 0.4) is 0 Å². The molecule has 1 aromatic rings. The molecular formula is C15H24N4O2. The number of amides is 1. The summed E-state index contributed by atoms with van der Waals surface area (Å²) >= 11 is 0. The largest absolute Gasteiger partial charge is 0.378 e. The minimum Gasteiger partial charge on any atom is -0.378 e. The van der Waals surface area contributed by atoms with Gasteiger partial charge in [-0.15, -0.1) is 5.10 Å². The number of rotatable bonds is 2. The van der Waals surface area contributed by atoms with E-state index in [4.69, 9.17) is 4.74 Å². The molecule has 0 spiro atoms. The summed E-state index contributed by atoms with van der Waals surface area (Å²) in [6.45, 7) is 6.92. The second kappa shape index (κ2) is 5.40. The lowest BCUT2D eigenvalue weighted by atomic mass is 9.82. The number of nitrogens with one attached hydrogen (secondary N) is 1. The maximum absolute atomic E-state index is 12.4. The molecule has 0 aromatic carbocycles. The Morgan fingerprint density at radius 1 is 1.38 bits per heavy atom. The van der Waals surface area contributed by atoms with Crippen molar-refractivity contribution in [3.05, 3.63) is 11.9 Å². The van der Waals surface area contributed by atoms with Crippen molar-refractivity contribution in [1.29, 1.82) is 0 Å². The number of carbonyl (C=O) groups is 1. The maximum Gasteiger partial charge on any atom is 0.273 e. The van der Waals surface area contributed by atoms with E-state index in [0.717, 1.165) is 32.3 Å².